The zero-order valence-corrected chi connectivity index (χ0v) is 20.3. The highest BCUT2D eigenvalue weighted by Crippen LogP contribution is 2.59. The zero-order valence-electron chi connectivity index (χ0n) is 20.3. The van der Waals surface area contributed by atoms with Crippen molar-refractivity contribution < 1.29 is 9.31 Å². The molecule has 170 valence electrons. The Balaban J connectivity index is 1.61. The van der Waals surface area contributed by atoms with Crippen molar-refractivity contribution >= 4 is 18.2 Å². The van der Waals surface area contributed by atoms with Crippen molar-refractivity contribution in [3.63, 3.8) is 0 Å². The Morgan fingerprint density at radius 3 is 2.32 bits per heavy atom. The van der Waals surface area contributed by atoms with Crippen molar-refractivity contribution in [3.05, 3.63) is 114 Å². The lowest BCUT2D eigenvalue weighted by Gasteiger charge is -2.38. The molecule has 6 rings (SSSR count). The van der Waals surface area contributed by atoms with E-state index in [1.807, 2.05) is 12.4 Å². The molecular weight excluding hydrogens is 417 g/mol. The van der Waals surface area contributed by atoms with Gasteiger partial charge in [-0.05, 0) is 73.5 Å². The number of hydrogen-bond acceptors (Lipinski definition) is 3. The van der Waals surface area contributed by atoms with E-state index in [0.717, 1.165) is 11.9 Å². The normalized spacial score (nSPS) is 26.2. The topological polar surface area (TPSA) is 31.4 Å². The van der Waals surface area contributed by atoms with Gasteiger partial charge in [0.25, 0.3) is 0 Å². The molecule has 2 heterocycles. The van der Waals surface area contributed by atoms with Crippen LogP contribution in [-0.2, 0) is 14.7 Å². The van der Waals surface area contributed by atoms with Gasteiger partial charge in [0.2, 0.25) is 0 Å². The molecule has 3 aromatic rings. The third-order valence-electron chi connectivity index (χ3n) is 8.33. The average Bonchev–Trinajstić information content (AvgIpc) is 3.27. The van der Waals surface area contributed by atoms with Crippen LogP contribution in [0, 0.1) is 5.92 Å². The maximum absolute atomic E-state index is 6.45. The van der Waals surface area contributed by atoms with Crippen LogP contribution in [0.1, 0.15) is 56.4 Å². The molecule has 3 aliphatic rings. The fourth-order valence-corrected chi connectivity index (χ4v) is 5.95. The zero-order chi connectivity index (χ0) is 23.6. The minimum Gasteiger partial charge on any atom is -0.399 e. The van der Waals surface area contributed by atoms with Crippen molar-refractivity contribution in [2.45, 2.75) is 50.7 Å². The number of rotatable bonds is 3. The lowest BCUT2D eigenvalue weighted by atomic mass is 9.62. The van der Waals surface area contributed by atoms with E-state index >= 15 is 0 Å². The summed E-state index contributed by atoms with van der Waals surface area (Å²) in [5, 5.41) is 0. The van der Waals surface area contributed by atoms with E-state index in [4.69, 9.17) is 9.31 Å². The molecule has 1 fully saturated rings. The Morgan fingerprint density at radius 1 is 0.882 bits per heavy atom. The van der Waals surface area contributed by atoms with Gasteiger partial charge in [0.05, 0.1) is 16.6 Å². The molecule has 3 nitrogen and oxygen atoms in total. The fraction of sp³-hybridized carbons (Fsp3) is 0.300. The molecule has 0 radical (unpaired) electrons. The molecule has 0 saturated carbocycles. The number of nitrogens with zero attached hydrogens (tertiary/aromatic N) is 1. The van der Waals surface area contributed by atoms with Gasteiger partial charge in [0, 0.05) is 18.3 Å². The molecule has 2 unspecified atom stereocenters. The van der Waals surface area contributed by atoms with E-state index in [9.17, 15) is 0 Å². The van der Waals surface area contributed by atoms with Crippen molar-refractivity contribution in [2.24, 2.45) is 5.92 Å². The molecule has 0 spiro atoms. The number of allylic oxidation sites excluding steroid dienone is 4. The second-order valence-electron chi connectivity index (χ2n) is 10.6. The highest BCUT2D eigenvalue weighted by Gasteiger charge is 2.54. The summed E-state index contributed by atoms with van der Waals surface area (Å²) in [5.41, 5.74) is 6.49. The molecule has 1 saturated heterocycles. The van der Waals surface area contributed by atoms with Crippen molar-refractivity contribution in [1.82, 2.24) is 4.98 Å². The molecule has 0 bridgehead atoms. The molecule has 4 heteroatoms. The molecule has 1 aromatic heterocycles. The monoisotopic (exact) mass is 447 g/mol. The van der Waals surface area contributed by atoms with E-state index in [1.54, 1.807) is 0 Å². The predicted molar refractivity (Wildman–Crippen MR) is 138 cm³/mol. The maximum Gasteiger partial charge on any atom is 0.494 e. The van der Waals surface area contributed by atoms with Gasteiger partial charge < -0.3 is 9.31 Å². The second-order valence-corrected chi connectivity index (χ2v) is 10.6. The van der Waals surface area contributed by atoms with E-state index in [1.165, 1.54) is 27.8 Å². The first-order valence-electron chi connectivity index (χ1n) is 12.2. The van der Waals surface area contributed by atoms with Crippen LogP contribution in [-0.4, -0.2) is 23.3 Å². The second kappa shape index (κ2) is 7.53. The molecule has 2 atom stereocenters. The first kappa shape index (κ1) is 21.6. The Labute approximate surface area is 202 Å². The quantitative estimate of drug-likeness (QED) is 0.484. The standard InChI is InChI=1S/C30H30BNO2/c1-28(2)29(3,4)34-31(33-28)23-16-17-25-24-14-8-9-15-26(24)30(27(25)19-23,21-11-6-5-7-12-21)22-13-10-18-32-20-22/h5-14,16-20,26H,15H2,1-4H3. The van der Waals surface area contributed by atoms with Crippen LogP contribution in [0.2, 0.25) is 0 Å². The lowest BCUT2D eigenvalue weighted by Crippen LogP contribution is -2.41. The van der Waals surface area contributed by atoms with E-state index in [0.29, 0.717) is 5.92 Å². The van der Waals surface area contributed by atoms with Crippen LogP contribution < -0.4 is 5.46 Å². The Kier molecular flexibility index (Phi) is 4.78. The van der Waals surface area contributed by atoms with Crippen LogP contribution in [0.5, 0.6) is 0 Å². The predicted octanol–water partition coefficient (Wildman–Crippen LogP) is 5.69. The summed E-state index contributed by atoms with van der Waals surface area (Å²) in [4.78, 5) is 4.56. The lowest BCUT2D eigenvalue weighted by molar-refractivity contribution is 0.00578. The average molecular weight is 447 g/mol. The third kappa shape index (κ3) is 2.95. The van der Waals surface area contributed by atoms with Gasteiger partial charge in [0.1, 0.15) is 0 Å². The van der Waals surface area contributed by atoms with Crippen molar-refractivity contribution in [2.75, 3.05) is 0 Å². The number of hydrogen-bond donors (Lipinski definition) is 0. The van der Waals surface area contributed by atoms with Crippen LogP contribution in [0.15, 0.2) is 91.3 Å². The van der Waals surface area contributed by atoms with Gasteiger partial charge in [0.15, 0.2) is 0 Å². The summed E-state index contributed by atoms with van der Waals surface area (Å²) in [6.07, 6.45) is 11.7. The minimum absolute atomic E-state index is 0.299. The summed E-state index contributed by atoms with van der Waals surface area (Å²) >= 11 is 0. The Morgan fingerprint density at radius 2 is 1.62 bits per heavy atom. The molecule has 0 N–H and O–H groups in total. The number of pyridine rings is 1. The van der Waals surface area contributed by atoms with Crippen molar-refractivity contribution in [3.8, 4) is 0 Å². The SMILES string of the molecule is CC1(C)OB(c2ccc3c(c2)C(c2ccccc2)(c2cccnc2)C2CC=CC=C32)OC1(C)C. The highest BCUT2D eigenvalue weighted by atomic mass is 16.7. The van der Waals surface area contributed by atoms with E-state index in [2.05, 4.69) is 112 Å². The van der Waals surface area contributed by atoms with Gasteiger partial charge >= 0.3 is 7.12 Å². The van der Waals surface area contributed by atoms with Gasteiger partial charge in [-0.3, -0.25) is 4.98 Å². The summed E-state index contributed by atoms with van der Waals surface area (Å²) in [6.45, 7) is 8.43. The first-order valence-corrected chi connectivity index (χ1v) is 12.2. The van der Waals surface area contributed by atoms with Crippen molar-refractivity contribution in [1.29, 1.82) is 0 Å². The fourth-order valence-electron chi connectivity index (χ4n) is 5.95. The molecule has 34 heavy (non-hydrogen) atoms. The summed E-state index contributed by atoms with van der Waals surface area (Å²) < 4.78 is 12.9. The molecule has 2 aromatic carbocycles. The van der Waals surface area contributed by atoms with Crippen LogP contribution >= 0.6 is 0 Å². The van der Waals surface area contributed by atoms with Gasteiger partial charge in [-0.25, -0.2) is 0 Å². The number of benzene rings is 2. The van der Waals surface area contributed by atoms with Crippen LogP contribution in [0.3, 0.4) is 0 Å². The number of fused-ring (bicyclic) bond motifs is 3. The van der Waals surface area contributed by atoms with E-state index < -0.39 is 7.12 Å². The first-order chi connectivity index (χ1) is 16.3. The van der Waals surface area contributed by atoms with Gasteiger partial charge in [-0.1, -0.05) is 72.8 Å². The Bertz CT molecular complexity index is 1240. The van der Waals surface area contributed by atoms with Crippen LogP contribution in [0.25, 0.3) is 5.57 Å². The smallest absolute Gasteiger partial charge is 0.399 e. The maximum atomic E-state index is 6.45. The Hall–Kier alpha value is -2.95. The summed E-state index contributed by atoms with van der Waals surface area (Å²) in [7, 11) is -0.396. The molecule has 2 aliphatic carbocycles. The third-order valence-corrected chi connectivity index (χ3v) is 8.33. The molecule has 1 aliphatic heterocycles. The largest absolute Gasteiger partial charge is 0.494 e. The summed E-state index contributed by atoms with van der Waals surface area (Å²) in [5.74, 6) is 0.299. The van der Waals surface area contributed by atoms with E-state index in [-0.39, 0.29) is 16.6 Å². The number of aromatic nitrogens is 1. The highest BCUT2D eigenvalue weighted by molar-refractivity contribution is 6.62. The van der Waals surface area contributed by atoms with Crippen LogP contribution in [0.4, 0.5) is 0 Å². The van der Waals surface area contributed by atoms with Gasteiger partial charge in [-0.15, -0.1) is 0 Å². The summed E-state index contributed by atoms with van der Waals surface area (Å²) in [6, 6.07) is 22.0. The minimum atomic E-state index is -0.396. The van der Waals surface area contributed by atoms with Gasteiger partial charge in [-0.2, -0.15) is 0 Å². The molecule has 0 amide bonds. The molecular formula is C30H30BNO2.